The predicted molar refractivity (Wildman–Crippen MR) is 76.0 cm³/mol. The van der Waals surface area contributed by atoms with E-state index in [4.69, 9.17) is 5.73 Å². The van der Waals surface area contributed by atoms with Crippen LogP contribution in [0.4, 0.5) is 16.2 Å². The van der Waals surface area contributed by atoms with Crippen molar-refractivity contribution >= 4 is 17.4 Å². The summed E-state index contributed by atoms with van der Waals surface area (Å²) in [5.41, 5.74) is 7.12. The van der Waals surface area contributed by atoms with Crippen LogP contribution in [0.25, 0.3) is 0 Å². The number of nitrogens with two attached hydrogens (primary N) is 1. The molecule has 1 aromatic rings. The second-order valence-electron chi connectivity index (χ2n) is 5.31. The summed E-state index contributed by atoms with van der Waals surface area (Å²) >= 11 is 0. The third kappa shape index (κ3) is 2.98. The first-order valence-electron chi connectivity index (χ1n) is 6.88. The Hall–Kier alpha value is -1.75. The van der Waals surface area contributed by atoms with Crippen LogP contribution < -0.4 is 11.1 Å². The average Bonchev–Trinajstić information content (AvgIpc) is 3.23. The highest BCUT2D eigenvalue weighted by molar-refractivity contribution is 5.89. The minimum absolute atomic E-state index is 0.0268. The maximum absolute atomic E-state index is 12.1. The van der Waals surface area contributed by atoms with Gasteiger partial charge in [-0.3, -0.25) is 4.90 Å². The molecule has 3 N–H and O–H groups in total. The first-order chi connectivity index (χ1) is 9.22. The Morgan fingerprint density at radius 3 is 2.58 bits per heavy atom. The summed E-state index contributed by atoms with van der Waals surface area (Å²) in [7, 11) is 0. The molecule has 0 spiro atoms. The summed E-state index contributed by atoms with van der Waals surface area (Å²) in [5, 5.41) is 2.90. The standard InChI is InChI=1S/C14H20N4O/c15-11-2-1-3-12(10-11)16-14(19)18-8-6-17(7-9-18)13-4-5-13/h1-3,10,13H,4-9,15H2,(H,16,19). The van der Waals surface area contributed by atoms with Gasteiger partial charge in [-0.2, -0.15) is 0 Å². The van der Waals surface area contributed by atoms with E-state index in [0.717, 1.165) is 37.9 Å². The lowest BCUT2D eigenvalue weighted by Crippen LogP contribution is -2.50. The molecule has 1 saturated heterocycles. The minimum Gasteiger partial charge on any atom is -0.399 e. The maximum atomic E-state index is 12.1. The Morgan fingerprint density at radius 1 is 1.21 bits per heavy atom. The smallest absolute Gasteiger partial charge is 0.321 e. The fraction of sp³-hybridized carbons (Fsp3) is 0.500. The molecule has 102 valence electrons. The highest BCUT2D eigenvalue weighted by Crippen LogP contribution is 2.27. The van der Waals surface area contributed by atoms with Crippen LogP contribution in [-0.2, 0) is 0 Å². The van der Waals surface area contributed by atoms with Gasteiger partial charge in [0.2, 0.25) is 0 Å². The first-order valence-corrected chi connectivity index (χ1v) is 6.88. The number of nitrogens with one attached hydrogen (secondary N) is 1. The van der Waals surface area contributed by atoms with Gasteiger partial charge in [-0.15, -0.1) is 0 Å². The zero-order valence-corrected chi connectivity index (χ0v) is 11.0. The van der Waals surface area contributed by atoms with Crippen molar-refractivity contribution < 1.29 is 4.79 Å². The molecule has 19 heavy (non-hydrogen) atoms. The molecule has 0 unspecified atom stereocenters. The summed E-state index contributed by atoms with van der Waals surface area (Å²) < 4.78 is 0. The summed E-state index contributed by atoms with van der Waals surface area (Å²) in [6, 6.07) is 8.05. The molecule has 2 amide bonds. The number of rotatable bonds is 2. The molecule has 0 aromatic heterocycles. The highest BCUT2D eigenvalue weighted by atomic mass is 16.2. The van der Waals surface area contributed by atoms with Crippen LogP contribution in [-0.4, -0.2) is 48.1 Å². The molecule has 0 atom stereocenters. The minimum atomic E-state index is -0.0268. The van der Waals surface area contributed by atoms with Crippen molar-refractivity contribution in [1.82, 2.24) is 9.80 Å². The molecule has 1 aliphatic carbocycles. The highest BCUT2D eigenvalue weighted by Gasteiger charge is 2.32. The number of carbonyl (C=O) groups excluding carboxylic acids is 1. The van der Waals surface area contributed by atoms with Crippen LogP contribution in [0.15, 0.2) is 24.3 Å². The van der Waals surface area contributed by atoms with E-state index in [0.29, 0.717) is 5.69 Å². The maximum Gasteiger partial charge on any atom is 0.321 e. The zero-order valence-electron chi connectivity index (χ0n) is 11.0. The number of nitrogens with zero attached hydrogens (tertiary/aromatic N) is 2. The monoisotopic (exact) mass is 260 g/mol. The predicted octanol–water partition coefficient (Wildman–Crippen LogP) is 1.58. The summed E-state index contributed by atoms with van der Waals surface area (Å²) in [6.45, 7) is 3.61. The molecule has 1 aliphatic heterocycles. The zero-order chi connectivity index (χ0) is 13.2. The number of benzene rings is 1. The first kappa shape index (κ1) is 12.3. The van der Waals surface area contributed by atoms with Gasteiger partial charge in [0.25, 0.3) is 0 Å². The molecule has 1 heterocycles. The van der Waals surface area contributed by atoms with Gasteiger partial charge in [0.1, 0.15) is 0 Å². The van der Waals surface area contributed by atoms with Crippen molar-refractivity contribution in [3.05, 3.63) is 24.3 Å². The van der Waals surface area contributed by atoms with Gasteiger partial charge in [-0.25, -0.2) is 4.79 Å². The van der Waals surface area contributed by atoms with E-state index in [9.17, 15) is 4.79 Å². The average molecular weight is 260 g/mol. The van der Waals surface area contributed by atoms with Crippen molar-refractivity contribution in [3.8, 4) is 0 Å². The third-order valence-electron chi connectivity index (χ3n) is 3.80. The van der Waals surface area contributed by atoms with E-state index in [1.54, 1.807) is 6.07 Å². The van der Waals surface area contributed by atoms with Crippen LogP contribution in [0, 0.1) is 0 Å². The van der Waals surface area contributed by atoms with Crippen molar-refractivity contribution in [1.29, 1.82) is 0 Å². The molecular weight excluding hydrogens is 240 g/mol. The number of hydrogen-bond acceptors (Lipinski definition) is 3. The Morgan fingerprint density at radius 2 is 1.95 bits per heavy atom. The molecule has 0 radical (unpaired) electrons. The molecular formula is C14H20N4O. The van der Waals surface area contributed by atoms with Gasteiger partial charge < -0.3 is 16.0 Å². The topological polar surface area (TPSA) is 61.6 Å². The van der Waals surface area contributed by atoms with E-state index in [1.165, 1.54) is 12.8 Å². The van der Waals surface area contributed by atoms with Crippen LogP contribution in [0.3, 0.4) is 0 Å². The fourth-order valence-electron chi connectivity index (χ4n) is 2.55. The van der Waals surface area contributed by atoms with Crippen molar-refractivity contribution in [2.45, 2.75) is 18.9 Å². The molecule has 2 fully saturated rings. The van der Waals surface area contributed by atoms with E-state index >= 15 is 0 Å². The molecule has 5 heteroatoms. The quantitative estimate of drug-likeness (QED) is 0.794. The summed E-state index contributed by atoms with van der Waals surface area (Å²) in [6.07, 6.45) is 2.66. The number of hydrogen-bond donors (Lipinski definition) is 2. The number of urea groups is 1. The van der Waals surface area contributed by atoms with Crippen LogP contribution in [0.1, 0.15) is 12.8 Å². The molecule has 3 rings (SSSR count). The van der Waals surface area contributed by atoms with Crippen molar-refractivity contribution in [3.63, 3.8) is 0 Å². The van der Waals surface area contributed by atoms with Crippen LogP contribution in [0.5, 0.6) is 0 Å². The molecule has 1 saturated carbocycles. The van der Waals surface area contributed by atoms with Gasteiger partial charge in [-0.1, -0.05) is 6.07 Å². The van der Waals surface area contributed by atoms with Crippen LogP contribution >= 0.6 is 0 Å². The Bertz CT molecular complexity index is 464. The second-order valence-corrected chi connectivity index (χ2v) is 5.31. The molecule has 0 bridgehead atoms. The van der Waals surface area contributed by atoms with Gasteiger partial charge in [0.05, 0.1) is 0 Å². The Labute approximate surface area is 113 Å². The number of amides is 2. The third-order valence-corrected chi connectivity index (χ3v) is 3.80. The van der Waals surface area contributed by atoms with E-state index in [1.807, 2.05) is 23.1 Å². The Kier molecular flexibility index (Phi) is 3.29. The van der Waals surface area contributed by atoms with E-state index < -0.39 is 0 Å². The number of piperazine rings is 1. The van der Waals surface area contributed by atoms with Gasteiger partial charge in [-0.05, 0) is 31.0 Å². The van der Waals surface area contributed by atoms with Crippen molar-refractivity contribution in [2.24, 2.45) is 0 Å². The lowest BCUT2D eigenvalue weighted by molar-refractivity contribution is 0.142. The lowest BCUT2D eigenvalue weighted by atomic mass is 10.3. The lowest BCUT2D eigenvalue weighted by Gasteiger charge is -2.34. The second kappa shape index (κ2) is 5.09. The molecule has 1 aromatic carbocycles. The Balaban J connectivity index is 1.53. The summed E-state index contributed by atoms with van der Waals surface area (Å²) in [4.78, 5) is 16.5. The number of anilines is 2. The largest absolute Gasteiger partial charge is 0.399 e. The molecule has 2 aliphatic rings. The number of nitrogen functional groups attached to an aromatic ring is 1. The van der Waals surface area contributed by atoms with Crippen LogP contribution in [0.2, 0.25) is 0 Å². The molecule has 5 nitrogen and oxygen atoms in total. The van der Waals surface area contributed by atoms with E-state index in [2.05, 4.69) is 10.2 Å². The number of carbonyl (C=O) groups is 1. The van der Waals surface area contributed by atoms with Crippen molar-refractivity contribution in [2.75, 3.05) is 37.2 Å². The van der Waals surface area contributed by atoms with Gasteiger partial charge >= 0.3 is 6.03 Å². The van der Waals surface area contributed by atoms with Gasteiger partial charge in [0, 0.05) is 43.6 Å². The SMILES string of the molecule is Nc1cccc(NC(=O)N2CCN(C3CC3)CC2)c1. The normalized spacial score (nSPS) is 20.3. The van der Waals surface area contributed by atoms with Gasteiger partial charge in [0.15, 0.2) is 0 Å². The summed E-state index contributed by atoms with van der Waals surface area (Å²) in [5.74, 6) is 0. The van der Waals surface area contributed by atoms with E-state index in [-0.39, 0.29) is 6.03 Å². The fourth-order valence-corrected chi connectivity index (χ4v) is 2.55.